The van der Waals surface area contributed by atoms with Crippen LogP contribution in [0, 0.1) is 0 Å². The lowest BCUT2D eigenvalue weighted by Gasteiger charge is -2.48. The average molecular weight is 428 g/mol. The molecule has 2 aromatic rings. The highest BCUT2D eigenvalue weighted by Gasteiger charge is 2.54. The van der Waals surface area contributed by atoms with Crippen molar-refractivity contribution in [1.82, 2.24) is 9.88 Å². The molecule has 1 aromatic heterocycles. The van der Waals surface area contributed by atoms with Crippen molar-refractivity contribution >= 4 is 11.9 Å². The van der Waals surface area contributed by atoms with Crippen LogP contribution in [0.5, 0.6) is 5.75 Å². The predicted molar refractivity (Wildman–Crippen MR) is 117 cm³/mol. The van der Waals surface area contributed by atoms with E-state index in [1.54, 1.807) is 18.2 Å². The van der Waals surface area contributed by atoms with E-state index in [2.05, 4.69) is 9.88 Å². The SMILES string of the molecule is COc1ccc(CN2c3ncccc3CC(F)C23CCN(C(=O)OC(C)(C)C)C3)cc1. The molecule has 7 heteroatoms. The zero-order valence-corrected chi connectivity index (χ0v) is 18.6. The molecule has 1 aromatic carbocycles. The number of fused-ring (bicyclic) bond motifs is 1. The molecule has 166 valence electrons. The average Bonchev–Trinajstić information content (AvgIpc) is 3.17. The number of hydrogen-bond donors (Lipinski definition) is 0. The molecule has 0 bridgehead atoms. The number of methoxy groups -OCH3 is 1. The molecule has 0 aliphatic carbocycles. The highest BCUT2D eigenvalue weighted by molar-refractivity contribution is 5.69. The van der Waals surface area contributed by atoms with E-state index in [9.17, 15) is 4.79 Å². The number of ether oxygens (including phenoxy) is 2. The van der Waals surface area contributed by atoms with Gasteiger partial charge in [-0.05, 0) is 56.5 Å². The number of rotatable bonds is 3. The van der Waals surface area contributed by atoms with Gasteiger partial charge in [0.05, 0.1) is 19.2 Å². The zero-order chi connectivity index (χ0) is 22.2. The van der Waals surface area contributed by atoms with Gasteiger partial charge in [-0.15, -0.1) is 0 Å². The van der Waals surface area contributed by atoms with Crippen molar-refractivity contribution in [2.24, 2.45) is 0 Å². The van der Waals surface area contributed by atoms with Gasteiger partial charge in [-0.25, -0.2) is 14.2 Å². The maximum Gasteiger partial charge on any atom is 0.410 e. The van der Waals surface area contributed by atoms with Gasteiger partial charge in [0.15, 0.2) is 0 Å². The maximum absolute atomic E-state index is 15.8. The van der Waals surface area contributed by atoms with E-state index in [0.717, 1.165) is 22.7 Å². The molecule has 6 nitrogen and oxygen atoms in total. The highest BCUT2D eigenvalue weighted by Crippen LogP contribution is 2.44. The number of amides is 1. The van der Waals surface area contributed by atoms with Gasteiger partial charge in [-0.1, -0.05) is 18.2 Å². The topological polar surface area (TPSA) is 54.9 Å². The van der Waals surface area contributed by atoms with E-state index in [1.165, 1.54) is 0 Å². The van der Waals surface area contributed by atoms with Crippen molar-refractivity contribution < 1.29 is 18.7 Å². The largest absolute Gasteiger partial charge is 0.497 e. The van der Waals surface area contributed by atoms with Crippen molar-refractivity contribution in [2.75, 3.05) is 25.1 Å². The number of carbonyl (C=O) groups excluding carboxylic acids is 1. The fraction of sp³-hybridized carbons (Fsp3) is 0.500. The first-order valence-corrected chi connectivity index (χ1v) is 10.7. The molecule has 1 saturated heterocycles. The quantitative estimate of drug-likeness (QED) is 0.728. The Kier molecular flexibility index (Phi) is 5.54. The molecule has 3 heterocycles. The fourth-order valence-electron chi connectivity index (χ4n) is 4.52. The number of anilines is 1. The molecule has 2 aliphatic heterocycles. The molecule has 1 fully saturated rings. The minimum absolute atomic E-state index is 0.273. The van der Waals surface area contributed by atoms with E-state index in [0.29, 0.717) is 25.9 Å². The summed E-state index contributed by atoms with van der Waals surface area (Å²) in [6.45, 7) is 6.74. The molecule has 1 spiro atoms. The van der Waals surface area contributed by atoms with Crippen LogP contribution in [-0.4, -0.2) is 53.5 Å². The smallest absolute Gasteiger partial charge is 0.410 e. The lowest BCUT2D eigenvalue weighted by molar-refractivity contribution is 0.0270. The Balaban J connectivity index is 1.67. The lowest BCUT2D eigenvalue weighted by atomic mass is 9.82. The van der Waals surface area contributed by atoms with Gasteiger partial charge in [-0.2, -0.15) is 0 Å². The summed E-state index contributed by atoms with van der Waals surface area (Å²) in [5.74, 6) is 1.56. The summed E-state index contributed by atoms with van der Waals surface area (Å²) in [7, 11) is 1.63. The van der Waals surface area contributed by atoms with Crippen LogP contribution in [0.4, 0.5) is 15.0 Å². The second-order valence-electron chi connectivity index (χ2n) is 9.35. The molecule has 0 N–H and O–H groups in total. The monoisotopic (exact) mass is 427 g/mol. The first-order chi connectivity index (χ1) is 14.7. The van der Waals surface area contributed by atoms with Crippen LogP contribution in [0.15, 0.2) is 42.6 Å². The number of aromatic nitrogens is 1. The molecule has 31 heavy (non-hydrogen) atoms. The summed E-state index contributed by atoms with van der Waals surface area (Å²) in [6, 6.07) is 11.6. The van der Waals surface area contributed by atoms with Gasteiger partial charge in [0, 0.05) is 25.7 Å². The van der Waals surface area contributed by atoms with Crippen LogP contribution >= 0.6 is 0 Å². The van der Waals surface area contributed by atoms with E-state index in [4.69, 9.17) is 9.47 Å². The number of hydrogen-bond acceptors (Lipinski definition) is 5. The Morgan fingerprint density at radius 3 is 2.68 bits per heavy atom. The molecule has 2 atom stereocenters. The normalized spacial score (nSPS) is 23.1. The summed E-state index contributed by atoms with van der Waals surface area (Å²) < 4.78 is 26.6. The van der Waals surface area contributed by atoms with Gasteiger partial charge in [0.1, 0.15) is 23.3 Å². The molecule has 1 amide bonds. The van der Waals surface area contributed by atoms with Crippen LogP contribution < -0.4 is 9.64 Å². The number of carbonyl (C=O) groups is 1. The van der Waals surface area contributed by atoms with E-state index < -0.39 is 23.4 Å². The molecular formula is C24H30FN3O3. The van der Waals surface area contributed by atoms with Crippen molar-refractivity contribution in [3.8, 4) is 5.75 Å². The predicted octanol–water partition coefficient (Wildman–Crippen LogP) is 4.37. The molecular weight excluding hydrogens is 397 g/mol. The van der Waals surface area contributed by atoms with Crippen molar-refractivity contribution in [2.45, 2.75) is 57.5 Å². The number of halogens is 1. The summed E-state index contributed by atoms with van der Waals surface area (Å²) in [4.78, 5) is 21.0. The molecule has 4 rings (SSSR count). The Hall–Kier alpha value is -2.83. The van der Waals surface area contributed by atoms with Crippen LogP contribution in [0.25, 0.3) is 0 Å². The van der Waals surface area contributed by atoms with Gasteiger partial charge in [0.25, 0.3) is 0 Å². The Bertz CT molecular complexity index is 944. The third kappa shape index (κ3) is 4.18. The third-order valence-corrected chi connectivity index (χ3v) is 6.07. The Labute approximate surface area is 183 Å². The van der Waals surface area contributed by atoms with Crippen molar-refractivity contribution in [1.29, 1.82) is 0 Å². The molecule has 0 radical (unpaired) electrons. The Morgan fingerprint density at radius 1 is 1.26 bits per heavy atom. The maximum atomic E-state index is 15.8. The fourth-order valence-corrected chi connectivity index (χ4v) is 4.52. The van der Waals surface area contributed by atoms with Crippen LogP contribution in [-0.2, 0) is 17.7 Å². The number of likely N-dealkylation sites (tertiary alicyclic amines) is 1. The number of alkyl halides is 1. The van der Waals surface area contributed by atoms with Crippen LogP contribution in [0.1, 0.15) is 38.3 Å². The minimum atomic E-state index is -1.12. The van der Waals surface area contributed by atoms with Gasteiger partial charge in [0.2, 0.25) is 0 Å². The minimum Gasteiger partial charge on any atom is -0.497 e. The molecule has 2 unspecified atom stereocenters. The van der Waals surface area contributed by atoms with Crippen molar-refractivity contribution in [3.05, 3.63) is 53.7 Å². The summed E-state index contributed by atoms with van der Waals surface area (Å²) in [5.41, 5.74) is 0.496. The van der Waals surface area contributed by atoms with Crippen LogP contribution in [0.3, 0.4) is 0 Å². The summed E-state index contributed by atoms with van der Waals surface area (Å²) in [6.07, 6.45) is 1.05. The van der Waals surface area contributed by atoms with E-state index in [1.807, 2.05) is 57.2 Å². The number of benzene rings is 1. The first kappa shape index (κ1) is 21.4. The molecule has 2 aliphatic rings. The highest BCUT2D eigenvalue weighted by atomic mass is 19.1. The van der Waals surface area contributed by atoms with Gasteiger partial charge < -0.3 is 19.3 Å². The first-order valence-electron chi connectivity index (χ1n) is 10.7. The van der Waals surface area contributed by atoms with E-state index in [-0.39, 0.29) is 6.54 Å². The standard InChI is InChI=1S/C24H30FN3O3/c1-23(2,3)31-22(29)27-13-11-24(16-27)20(25)14-18-6-5-12-26-21(18)28(24)15-17-7-9-19(30-4)10-8-17/h5-10,12,20H,11,13-16H2,1-4H3. The zero-order valence-electron chi connectivity index (χ0n) is 18.6. The molecule has 0 saturated carbocycles. The third-order valence-electron chi connectivity index (χ3n) is 6.07. The van der Waals surface area contributed by atoms with Crippen LogP contribution in [0.2, 0.25) is 0 Å². The lowest BCUT2D eigenvalue weighted by Crippen LogP contribution is -2.60. The van der Waals surface area contributed by atoms with Gasteiger partial charge in [-0.3, -0.25) is 0 Å². The number of nitrogens with zero attached hydrogens (tertiary/aromatic N) is 3. The second-order valence-corrected chi connectivity index (χ2v) is 9.35. The second kappa shape index (κ2) is 8.02. The summed E-state index contributed by atoms with van der Waals surface area (Å²) in [5, 5.41) is 0. The van der Waals surface area contributed by atoms with E-state index >= 15 is 4.39 Å². The summed E-state index contributed by atoms with van der Waals surface area (Å²) >= 11 is 0. The van der Waals surface area contributed by atoms with Crippen molar-refractivity contribution in [3.63, 3.8) is 0 Å². The number of pyridine rings is 1. The Morgan fingerprint density at radius 2 is 2.00 bits per heavy atom. The van der Waals surface area contributed by atoms with Gasteiger partial charge >= 0.3 is 6.09 Å².